The van der Waals surface area contributed by atoms with Gasteiger partial charge in [-0.3, -0.25) is 54.1 Å². The van der Waals surface area contributed by atoms with Gasteiger partial charge < -0.3 is 20.9 Å². The predicted octanol–water partition coefficient (Wildman–Crippen LogP) is 14.2. The number of aliphatic imine (C=N–C) groups is 3. The maximum Gasteiger partial charge on any atom is 0.312 e. The number of hydrogen-bond donors (Lipinski definition) is 2. The highest BCUT2D eigenvalue weighted by Crippen LogP contribution is 2.54. The Morgan fingerprint density at radius 3 is 1.13 bits per heavy atom. The molecule has 0 aromatic carbocycles. The molecule has 5 aromatic heterocycles. The number of rotatable bonds is 13. The van der Waals surface area contributed by atoms with Crippen molar-refractivity contribution in [2.24, 2.45) is 33.8 Å². The molecule has 0 saturated carbocycles. The van der Waals surface area contributed by atoms with Crippen LogP contribution in [0.1, 0.15) is 197 Å². The third kappa shape index (κ3) is 16.7. The Labute approximate surface area is 637 Å². The van der Waals surface area contributed by atoms with Gasteiger partial charge in [0.25, 0.3) is 17.8 Å². The molecular weight excluding hydrogens is 1540 g/mol. The summed E-state index contributed by atoms with van der Waals surface area (Å²) in [5.41, 5.74) is 5.81. The van der Waals surface area contributed by atoms with Gasteiger partial charge in [0.15, 0.2) is 11.6 Å². The number of Topliss-reactive ketones (excluding diaryl/α,β-unsaturated/α-hetero) is 2. The molecule has 6 aliphatic heterocycles. The van der Waals surface area contributed by atoms with Crippen LogP contribution in [0.3, 0.4) is 0 Å². The average molecular weight is 1630 g/mol. The molecule has 0 spiro atoms. The van der Waals surface area contributed by atoms with Crippen molar-refractivity contribution in [3.05, 3.63) is 139 Å². The molecule has 22 nitrogen and oxygen atoms in total. The second-order valence-corrected chi connectivity index (χ2v) is 41.8. The van der Waals surface area contributed by atoms with Crippen molar-refractivity contribution in [2.45, 2.75) is 238 Å². The van der Waals surface area contributed by atoms with E-state index in [4.69, 9.17) is 49.1 Å². The van der Waals surface area contributed by atoms with Gasteiger partial charge in [-0.1, -0.05) is 23.2 Å². The molecule has 0 amide bonds. The highest BCUT2D eigenvalue weighted by Gasteiger charge is 2.64. The highest BCUT2D eigenvalue weighted by molar-refractivity contribution is 7.97. The number of aromatic nitrogens is 5. The zero-order valence-electron chi connectivity index (χ0n) is 63.2. The summed E-state index contributed by atoms with van der Waals surface area (Å²) in [6.45, 7) is 24.1. The summed E-state index contributed by atoms with van der Waals surface area (Å²) in [5.74, 6) is -14.6. The average Bonchev–Trinajstić information content (AvgIpc) is 0.708. The zero-order chi connectivity index (χ0) is 81.8. The van der Waals surface area contributed by atoms with Crippen molar-refractivity contribution >= 4 is 99.0 Å². The second-order valence-electron chi connectivity index (χ2n) is 32.0. The Hall–Kier alpha value is -7.56. The predicted molar refractivity (Wildman–Crippen MR) is 399 cm³/mol. The number of ketones is 2. The lowest BCUT2D eigenvalue weighted by Gasteiger charge is -2.49. The van der Waals surface area contributed by atoms with Crippen molar-refractivity contribution in [3.8, 4) is 0 Å². The van der Waals surface area contributed by atoms with Gasteiger partial charge in [0.1, 0.15) is 110 Å². The quantitative estimate of drug-likeness (QED) is 0.0628. The number of carbonyl (C=O) groups excluding carboxylic acids is 4. The molecule has 0 unspecified atom stereocenters. The Morgan fingerprint density at radius 2 is 0.798 bits per heavy atom. The number of hydrogen-bond acceptors (Lipinski definition) is 22. The van der Waals surface area contributed by atoms with E-state index in [1.165, 1.54) is 65.2 Å². The van der Waals surface area contributed by atoms with E-state index in [-0.39, 0.29) is 88.0 Å². The Kier molecular flexibility index (Phi) is 22.9. The molecule has 0 bridgehead atoms. The first-order valence-corrected chi connectivity index (χ1v) is 40.0. The molecule has 11 heterocycles. The minimum atomic E-state index is -3.57. The van der Waals surface area contributed by atoms with Crippen LogP contribution in [-0.2, 0) is 77.7 Å². The molecule has 5 aromatic rings. The number of alkyl halides is 6. The summed E-state index contributed by atoms with van der Waals surface area (Å²) in [6.07, 6.45) is -1.09. The third-order valence-electron chi connectivity index (χ3n) is 20.1. The van der Waals surface area contributed by atoms with Gasteiger partial charge in [-0.15, -0.1) is 0 Å². The van der Waals surface area contributed by atoms with Crippen LogP contribution in [0, 0.1) is 31.3 Å². The summed E-state index contributed by atoms with van der Waals surface area (Å²) >= 11 is 11.9. The number of pyridine rings is 5. The number of nitrogens with two attached hydrogens (primary N) is 2. The van der Waals surface area contributed by atoms with Crippen LogP contribution in [0.4, 0.5) is 45.3 Å². The summed E-state index contributed by atoms with van der Waals surface area (Å²) < 4.78 is 195. The van der Waals surface area contributed by atoms with Gasteiger partial charge in [-0.05, 0) is 177 Å². The highest BCUT2D eigenvalue weighted by atomic mass is 35.5. The molecule has 4 N–H and O–H groups in total. The normalized spacial score (nSPS) is 28.7. The SMILES string of the molecule is CC(C)(C)OC(=O)CC1=N[C@](C)(c2nc(N)ccc2F)[C@H]2CC(F)(F)CN=[S@]2(=O)C1(C)C.Cc1cc(Cl)cnc1C(=O)Cc1ccc(F)c([C@@]2(C)N=C(CC(=O)OC(C)(C)C)C(C)(C)[S@@]3(=O)=NCC(F)(F)C[C@H]23)n1.Cc1cc(Cl)cnc1C(=O)Cc1ccc(F)c([C@@]2(C)N=C(N)C(C)(C)[S@@]3(=O)=NCC(F)(F)C[C@H]23)n1. The lowest BCUT2D eigenvalue weighted by molar-refractivity contribution is -0.154. The largest absolute Gasteiger partial charge is 0.460 e. The fourth-order valence-electron chi connectivity index (χ4n) is 14.2. The van der Waals surface area contributed by atoms with Gasteiger partial charge in [0.2, 0.25) is 0 Å². The number of halogens is 11. The van der Waals surface area contributed by atoms with Crippen molar-refractivity contribution in [1.29, 1.82) is 0 Å². The summed E-state index contributed by atoms with van der Waals surface area (Å²) in [6, 6.07) is 10.3. The number of amidine groups is 1. The van der Waals surface area contributed by atoms with Gasteiger partial charge in [0, 0.05) is 54.5 Å². The van der Waals surface area contributed by atoms with E-state index in [0.29, 0.717) is 21.2 Å². The molecule has 6 aliphatic rings. The van der Waals surface area contributed by atoms with Crippen LogP contribution in [0.15, 0.2) is 89.0 Å². The van der Waals surface area contributed by atoms with Crippen molar-refractivity contribution in [2.75, 3.05) is 25.4 Å². The van der Waals surface area contributed by atoms with E-state index in [2.05, 4.69) is 48.0 Å². The van der Waals surface area contributed by atoms with Crippen LogP contribution in [-0.4, -0.2) is 157 Å². The Morgan fingerprint density at radius 1 is 0.486 bits per heavy atom. The molecule has 36 heteroatoms. The monoisotopic (exact) mass is 1630 g/mol. The topological polar surface area (TPSA) is 329 Å². The first-order chi connectivity index (χ1) is 49.7. The second kappa shape index (κ2) is 29.2. The molecule has 594 valence electrons. The van der Waals surface area contributed by atoms with Crippen LogP contribution in [0.2, 0.25) is 10.0 Å². The molecule has 0 fully saturated rings. The van der Waals surface area contributed by atoms with E-state index in [1.807, 2.05) is 0 Å². The number of fused-ring (bicyclic) bond motifs is 3. The van der Waals surface area contributed by atoms with E-state index < -0.39 is 185 Å². The maximum atomic E-state index is 15.6. The molecule has 0 aliphatic carbocycles. The third-order valence-corrected chi connectivity index (χ3v) is 31.3. The number of ether oxygens (including phenoxy) is 2. The van der Waals surface area contributed by atoms with Crippen LogP contribution < -0.4 is 11.5 Å². The minimum Gasteiger partial charge on any atom is -0.460 e. The molecule has 0 saturated heterocycles. The first-order valence-electron chi connectivity index (χ1n) is 34.5. The minimum absolute atomic E-state index is 0.0395. The molecular formula is C73H88Cl2F9N13O9S3. The smallest absolute Gasteiger partial charge is 0.312 e. The molecule has 11 rings (SSSR count). The maximum absolute atomic E-state index is 15.6. The van der Waals surface area contributed by atoms with Crippen LogP contribution in [0.5, 0.6) is 0 Å². The zero-order valence-corrected chi connectivity index (χ0v) is 67.2. The number of anilines is 1. The number of carbonyl (C=O) groups is 4. The fourth-order valence-corrected chi connectivity index (χ4v) is 24.4. The van der Waals surface area contributed by atoms with E-state index in [0.717, 1.165) is 18.2 Å². The summed E-state index contributed by atoms with van der Waals surface area (Å²) in [5, 5.41) is -3.41. The Bertz CT molecular complexity index is 5080. The Balaban J connectivity index is 0.000000190. The van der Waals surface area contributed by atoms with Gasteiger partial charge in [-0.2, -0.15) is 0 Å². The van der Waals surface area contributed by atoms with Gasteiger partial charge in [0.05, 0.1) is 90.2 Å². The standard InChI is InChI=1S/C29H34ClF3N4O4S.C23H25ClF3N5O2S.C21H29F3N4O3S/c1-16-10-17(30)14-34-24(16)20(38)11-18-8-9-19(31)25(36-18)28(7)22-13-29(32,33)15-35-42(22,40)27(5,6)21(37-28)12-23(39)41-26(2,3)4;1-12-7-13(24)10-29-18(12)16(33)8-14-5-6-15(25)19(31-14)22(4)17-9-23(26,27)11-30-35(17,34)21(2,3)20(28)32-22;1-18(2,3)31-16(29)9-13-19(4,5)32(30)14(10-21(23,24)11-26-32)20(6,28-13)17-12(22)7-8-15(25)27-17/h8-10,14,22H,11-13,15H2,1-7H3;5-7,10,17H,8-9,11H2,1-4H3,(H2,28,32);7-8,14H,9-11H2,1-6H3,(H2,25,27)/t22-,28+,42-;17-,22+,35-;14-,20+,32-/m111/s1. The van der Waals surface area contributed by atoms with Crippen molar-refractivity contribution in [3.63, 3.8) is 0 Å². The number of esters is 2. The number of nitrogens with zero attached hydrogens (tertiary/aromatic N) is 11. The van der Waals surface area contributed by atoms with Gasteiger partial charge in [-0.25, -0.2) is 70.2 Å². The summed E-state index contributed by atoms with van der Waals surface area (Å²) in [4.78, 5) is 85.9. The summed E-state index contributed by atoms with van der Waals surface area (Å²) in [7, 11) is -10.4. The van der Waals surface area contributed by atoms with E-state index in [9.17, 15) is 62.5 Å². The fraction of sp³-hybridized carbons (Fsp3) is 0.562. The number of nitrogen functional groups attached to an aromatic ring is 1. The van der Waals surface area contributed by atoms with Crippen molar-refractivity contribution < 1.29 is 80.8 Å². The van der Waals surface area contributed by atoms with E-state index in [1.54, 1.807) is 95.2 Å². The van der Waals surface area contributed by atoms with Crippen LogP contribution >= 0.6 is 23.2 Å². The molecule has 9 atom stereocenters. The van der Waals surface area contributed by atoms with Crippen LogP contribution in [0.25, 0.3) is 0 Å². The molecule has 109 heavy (non-hydrogen) atoms. The lowest BCUT2D eigenvalue weighted by Crippen LogP contribution is -2.62. The van der Waals surface area contributed by atoms with E-state index >= 15 is 8.78 Å². The van der Waals surface area contributed by atoms with Crippen molar-refractivity contribution in [1.82, 2.24) is 24.9 Å². The first kappa shape index (κ1) is 85.4. The number of aryl methyl sites for hydroxylation is 2. The lowest BCUT2D eigenvalue weighted by atomic mass is 9.86. The molecule has 0 radical (unpaired) electrons. The van der Waals surface area contributed by atoms with Gasteiger partial charge >= 0.3 is 11.9 Å².